The van der Waals surface area contributed by atoms with Crippen LogP contribution in [-0.4, -0.2) is 61.4 Å². The zero-order valence-electron chi connectivity index (χ0n) is 13.7. The summed E-state index contributed by atoms with van der Waals surface area (Å²) in [6.07, 6.45) is 0. The molecule has 24 heavy (non-hydrogen) atoms. The highest BCUT2D eigenvalue weighted by molar-refractivity contribution is 5.94. The first-order chi connectivity index (χ1) is 10.9. The lowest BCUT2D eigenvalue weighted by atomic mass is 10.1. The van der Waals surface area contributed by atoms with E-state index in [1.807, 2.05) is 6.92 Å². The molecule has 1 aliphatic heterocycles. The lowest BCUT2D eigenvalue weighted by Gasteiger charge is -2.36. The molecule has 1 aromatic rings. The summed E-state index contributed by atoms with van der Waals surface area (Å²) < 4.78 is 26.6. The van der Waals surface area contributed by atoms with Crippen molar-refractivity contribution < 1.29 is 18.4 Å². The molecule has 0 radical (unpaired) electrons. The molecule has 0 aromatic heterocycles. The smallest absolute Gasteiger partial charge is 0.256 e. The second-order valence-corrected chi connectivity index (χ2v) is 5.70. The average Bonchev–Trinajstić information content (AvgIpc) is 2.54. The Morgan fingerprint density at radius 1 is 1.17 bits per heavy atom. The SMILES string of the molecule is CNCC(C)C(=O)N1CCN(C(=O)c2ccc(F)cc2F)CC1.Cl. The second kappa shape index (κ2) is 8.94. The first-order valence-electron chi connectivity index (χ1n) is 7.61. The number of halogens is 3. The predicted molar refractivity (Wildman–Crippen MR) is 89.2 cm³/mol. The molecule has 2 rings (SSSR count). The second-order valence-electron chi connectivity index (χ2n) is 5.70. The van der Waals surface area contributed by atoms with Crippen LogP contribution in [0.2, 0.25) is 0 Å². The molecule has 1 atom stereocenters. The third kappa shape index (κ3) is 4.64. The maximum Gasteiger partial charge on any atom is 0.256 e. The molecule has 1 saturated heterocycles. The van der Waals surface area contributed by atoms with Crippen molar-refractivity contribution in [2.45, 2.75) is 6.92 Å². The molecule has 1 aliphatic rings. The Bertz CT molecular complexity index is 593. The number of piperazine rings is 1. The van der Waals surface area contributed by atoms with Crippen LogP contribution in [0, 0.1) is 17.6 Å². The van der Waals surface area contributed by atoms with Crippen LogP contribution in [0.1, 0.15) is 17.3 Å². The number of benzene rings is 1. The van der Waals surface area contributed by atoms with Gasteiger partial charge in [-0.05, 0) is 19.2 Å². The summed E-state index contributed by atoms with van der Waals surface area (Å²) in [5, 5.41) is 2.96. The number of nitrogens with zero attached hydrogens (tertiary/aromatic N) is 2. The Hall–Kier alpha value is -1.73. The van der Waals surface area contributed by atoms with Crippen LogP contribution < -0.4 is 5.32 Å². The van der Waals surface area contributed by atoms with Gasteiger partial charge >= 0.3 is 0 Å². The summed E-state index contributed by atoms with van der Waals surface area (Å²) in [5.41, 5.74) is -0.144. The molecule has 0 spiro atoms. The highest BCUT2D eigenvalue weighted by Gasteiger charge is 2.28. The summed E-state index contributed by atoms with van der Waals surface area (Å²) in [4.78, 5) is 27.7. The molecule has 1 N–H and O–H groups in total. The third-order valence-electron chi connectivity index (χ3n) is 3.97. The summed E-state index contributed by atoms with van der Waals surface area (Å²) in [6, 6.07) is 2.92. The van der Waals surface area contributed by atoms with Gasteiger partial charge in [-0.15, -0.1) is 12.4 Å². The van der Waals surface area contributed by atoms with Gasteiger partial charge in [-0.2, -0.15) is 0 Å². The average molecular weight is 362 g/mol. The minimum atomic E-state index is -0.865. The van der Waals surface area contributed by atoms with E-state index in [0.29, 0.717) is 38.8 Å². The lowest BCUT2D eigenvalue weighted by Crippen LogP contribution is -2.52. The van der Waals surface area contributed by atoms with Crippen molar-refractivity contribution in [1.82, 2.24) is 15.1 Å². The van der Waals surface area contributed by atoms with E-state index in [9.17, 15) is 18.4 Å². The number of amides is 2. The van der Waals surface area contributed by atoms with E-state index in [-0.39, 0.29) is 29.8 Å². The fourth-order valence-electron chi connectivity index (χ4n) is 2.67. The van der Waals surface area contributed by atoms with Crippen molar-refractivity contribution >= 4 is 24.2 Å². The van der Waals surface area contributed by atoms with Crippen LogP contribution in [0.25, 0.3) is 0 Å². The van der Waals surface area contributed by atoms with Crippen molar-refractivity contribution in [2.24, 2.45) is 5.92 Å². The third-order valence-corrected chi connectivity index (χ3v) is 3.97. The quantitative estimate of drug-likeness (QED) is 0.884. The number of hydrogen-bond donors (Lipinski definition) is 1. The minimum Gasteiger partial charge on any atom is -0.339 e. The standard InChI is InChI=1S/C16H21F2N3O2.ClH/c1-11(10-19-2)15(22)20-5-7-21(8-6-20)16(23)13-4-3-12(17)9-14(13)18;/h3-4,9,11,19H,5-8,10H2,1-2H3;1H. The highest BCUT2D eigenvalue weighted by Crippen LogP contribution is 2.15. The fraction of sp³-hybridized carbons (Fsp3) is 0.500. The van der Waals surface area contributed by atoms with Crippen LogP contribution in [0.3, 0.4) is 0 Å². The van der Waals surface area contributed by atoms with Crippen molar-refractivity contribution in [2.75, 3.05) is 39.8 Å². The van der Waals surface area contributed by atoms with E-state index in [1.165, 1.54) is 4.90 Å². The van der Waals surface area contributed by atoms with Gasteiger partial charge in [0, 0.05) is 44.7 Å². The van der Waals surface area contributed by atoms with E-state index in [0.717, 1.165) is 12.1 Å². The number of nitrogens with one attached hydrogen (secondary N) is 1. The van der Waals surface area contributed by atoms with Gasteiger partial charge in [-0.3, -0.25) is 9.59 Å². The number of carbonyl (C=O) groups excluding carboxylic acids is 2. The van der Waals surface area contributed by atoms with E-state index >= 15 is 0 Å². The van der Waals surface area contributed by atoms with Crippen LogP contribution in [0.4, 0.5) is 8.78 Å². The number of rotatable bonds is 4. The van der Waals surface area contributed by atoms with E-state index < -0.39 is 17.5 Å². The molecule has 1 unspecified atom stereocenters. The fourth-order valence-corrected chi connectivity index (χ4v) is 2.67. The maximum absolute atomic E-state index is 13.7. The Labute approximate surface area is 146 Å². The van der Waals surface area contributed by atoms with Gasteiger partial charge in [0.05, 0.1) is 5.56 Å². The van der Waals surface area contributed by atoms with Crippen molar-refractivity contribution in [3.05, 3.63) is 35.4 Å². The molecular formula is C16H22ClF2N3O2. The summed E-state index contributed by atoms with van der Waals surface area (Å²) in [7, 11) is 1.79. The molecule has 0 aliphatic carbocycles. The highest BCUT2D eigenvalue weighted by atomic mass is 35.5. The van der Waals surface area contributed by atoms with Gasteiger partial charge < -0.3 is 15.1 Å². The zero-order valence-corrected chi connectivity index (χ0v) is 14.5. The molecule has 2 amide bonds. The van der Waals surface area contributed by atoms with Crippen LogP contribution in [0.15, 0.2) is 18.2 Å². The van der Waals surface area contributed by atoms with Gasteiger partial charge in [-0.1, -0.05) is 6.92 Å². The topological polar surface area (TPSA) is 52.7 Å². The molecule has 0 bridgehead atoms. The zero-order chi connectivity index (χ0) is 17.0. The van der Waals surface area contributed by atoms with Crippen molar-refractivity contribution in [1.29, 1.82) is 0 Å². The van der Waals surface area contributed by atoms with Gasteiger partial charge in [-0.25, -0.2) is 8.78 Å². The van der Waals surface area contributed by atoms with E-state index in [4.69, 9.17) is 0 Å². The number of carbonyl (C=O) groups is 2. The summed E-state index contributed by atoms with van der Waals surface area (Å²) in [6.45, 7) is 3.97. The molecule has 1 aromatic carbocycles. The first kappa shape index (κ1) is 20.3. The van der Waals surface area contributed by atoms with Gasteiger partial charge in [0.2, 0.25) is 5.91 Å². The van der Waals surface area contributed by atoms with Gasteiger partial charge in [0.15, 0.2) is 0 Å². The summed E-state index contributed by atoms with van der Waals surface area (Å²) >= 11 is 0. The maximum atomic E-state index is 13.7. The van der Waals surface area contributed by atoms with E-state index in [2.05, 4.69) is 5.32 Å². The molecule has 1 fully saturated rings. The Balaban J connectivity index is 0.00000288. The van der Waals surface area contributed by atoms with Crippen molar-refractivity contribution in [3.63, 3.8) is 0 Å². The minimum absolute atomic E-state index is 0. The Morgan fingerprint density at radius 2 is 1.75 bits per heavy atom. The molecule has 0 saturated carbocycles. The van der Waals surface area contributed by atoms with Crippen LogP contribution in [-0.2, 0) is 4.79 Å². The monoisotopic (exact) mass is 361 g/mol. The Kier molecular flexibility index (Phi) is 7.57. The molecule has 1 heterocycles. The largest absolute Gasteiger partial charge is 0.339 e. The molecule has 134 valence electrons. The lowest BCUT2D eigenvalue weighted by molar-refractivity contribution is -0.136. The normalized spacial score (nSPS) is 15.7. The van der Waals surface area contributed by atoms with Gasteiger partial charge in [0.1, 0.15) is 11.6 Å². The molecular weight excluding hydrogens is 340 g/mol. The first-order valence-corrected chi connectivity index (χ1v) is 7.61. The Morgan fingerprint density at radius 3 is 2.29 bits per heavy atom. The number of hydrogen-bond acceptors (Lipinski definition) is 3. The predicted octanol–water partition coefficient (Wildman–Crippen LogP) is 1.53. The van der Waals surface area contributed by atoms with E-state index in [1.54, 1.807) is 11.9 Å². The van der Waals surface area contributed by atoms with Crippen LogP contribution >= 0.6 is 12.4 Å². The summed E-state index contributed by atoms with van der Waals surface area (Å²) in [5.74, 6) is -2.14. The van der Waals surface area contributed by atoms with Crippen molar-refractivity contribution in [3.8, 4) is 0 Å². The van der Waals surface area contributed by atoms with Crippen LogP contribution in [0.5, 0.6) is 0 Å². The molecule has 8 heteroatoms. The molecule has 5 nitrogen and oxygen atoms in total. The van der Waals surface area contributed by atoms with Gasteiger partial charge in [0.25, 0.3) is 5.91 Å².